The molecule has 128 valence electrons. The molecule has 24 heavy (non-hydrogen) atoms. The van der Waals surface area contributed by atoms with Crippen LogP contribution in [0.3, 0.4) is 0 Å². The van der Waals surface area contributed by atoms with Crippen molar-refractivity contribution in [2.45, 2.75) is 32.9 Å². The topological polar surface area (TPSA) is 90.3 Å². The van der Waals surface area contributed by atoms with E-state index >= 15 is 0 Å². The lowest BCUT2D eigenvalue weighted by atomic mass is 9.97. The molecule has 7 nitrogen and oxygen atoms in total. The number of rotatable bonds is 4. The van der Waals surface area contributed by atoms with Gasteiger partial charge in [-0.25, -0.2) is 4.79 Å². The molecule has 0 bridgehead atoms. The average molecular weight is 330 g/mol. The summed E-state index contributed by atoms with van der Waals surface area (Å²) in [5.74, 6) is -0.814. The quantitative estimate of drug-likeness (QED) is 0.887. The number of carbonyl (C=O) groups excluding carboxylic acids is 2. The van der Waals surface area contributed by atoms with Gasteiger partial charge in [-0.15, -0.1) is 0 Å². The SMILES string of the molecule is CCn1c(=O)n(CC(=O)N2CCC[C@H](C(N)=O)C2)c2ccccc21. The van der Waals surface area contributed by atoms with Crippen LogP contribution < -0.4 is 11.4 Å². The van der Waals surface area contributed by atoms with Gasteiger partial charge < -0.3 is 10.6 Å². The van der Waals surface area contributed by atoms with E-state index in [9.17, 15) is 14.4 Å². The molecule has 0 aliphatic carbocycles. The minimum atomic E-state index is -0.368. The maximum absolute atomic E-state index is 12.6. The Morgan fingerprint density at radius 1 is 1.21 bits per heavy atom. The number of hydrogen-bond donors (Lipinski definition) is 1. The number of para-hydroxylation sites is 2. The van der Waals surface area contributed by atoms with Gasteiger partial charge in [0.15, 0.2) is 0 Å². The van der Waals surface area contributed by atoms with Crippen LogP contribution in [0.15, 0.2) is 29.1 Å². The molecule has 2 heterocycles. The van der Waals surface area contributed by atoms with Crippen molar-refractivity contribution in [3.63, 3.8) is 0 Å². The fraction of sp³-hybridized carbons (Fsp3) is 0.471. The lowest BCUT2D eigenvalue weighted by molar-refractivity contribution is -0.135. The zero-order chi connectivity index (χ0) is 17.3. The number of aryl methyl sites for hydroxylation is 1. The molecule has 7 heteroatoms. The fourth-order valence-corrected chi connectivity index (χ4v) is 3.40. The molecular formula is C17H22N4O3. The van der Waals surface area contributed by atoms with Crippen LogP contribution >= 0.6 is 0 Å². The maximum atomic E-state index is 12.6. The number of aromatic nitrogens is 2. The van der Waals surface area contributed by atoms with Crippen LogP contribution in [0, 0.1) is 5.92 Å². The largest absolute Gasteiger partial charge is 0.369 e. The van der Waals surface area contributed by atoms with Gasteiger partial charge in [-0.3, -0.25) is 18.7 Å². The summed E-state index contributed by atoms with van der Waals surface area (Å²) in [6, 6.07) is 7.46. The number of benzene rings is 1. The molecule has 0 spiro atoms. The third-order valence-corrected chi connectivity index (χ3v) is 4.71. The summed E-state index contributed by atoms with van der Waals surface area (Å²) in [4.78, 5) is 38.2. The molecular weight excluding hydrogens is 308 g/mol. The number of hydrogen-bond acceptors (Lipinski definition) is 3. The fourth-order valence-electron chi connectivity index (χ4n) is 3.40. The Bertz CT molecular complexity index is 836. The Morgan fingerprint density at radius 2 is 1.88 bits per heavy atom. The highest BCUT2D eigenvalue weighted by atomic mass is 16.2. The van der Waals surface area contributed by atoms with Crippen molar-refractivity contribution in [2.24, 2.45) is 11.7 Å². The first-order chi connectivity index (χ1) is 11.5. The highest BCUT2D eigenvalue weighted by Crippen LogP contribution is 2.17. The number of nitrogens with zero attached hydrogens (tertiary/aromatic N) is 3. The zero-order valence-electron chi connectivity index (χ0n) is 13.8. The number of nitrogens with two attached hydrogens (primary N) is 1. The van der Waals surface area contributed by atoms with E-state index in [1.807, 2.05) is 31.2 Å². The van der Waals surface area contributed by atoms with E-state index in [1.54, 1.807) is 9.47 Å². The van der Waals surface area contributed by atoms with Crippen molar-refractivity contribution in [1.82, 2.24) is 14.0 Å². The predicted molar refractivity (Wildman–Crippen MR) is 90.4 cm³/mol. The second kappa shape index (κ2) is 6.51. The van der Waals surface area contributed by atoms with Crippen molar-refractivity contribution in [3.05, 3.63) is 34.7 Å². The Morgan fingerprint density at radius 3 is 2.50 bits per heavy atom. The molecule has 1 aromatic heterocycles. The molecule has 0 radical (unpaired) electrons. The molecule has 1 atom stereocenters. The van der Waals surface area contributed by atoms with E-state index in [0.29, 0.717) is 26.1 Å². The van der Waals surface area contributed by atoms with Gasteiger partial charge >= 0.3 is 5.69 Å². The number of likely N-dealkylation sites (tertiary alicyclic amines) is 1. The van der Waals surface area contributed by atoms with Crippen molar-refractivity contribution in [3.8, 4) is 0 Å². The molecule has 1 saturated heterocycles. The van der Waals surface area contributed by atoms with Crippen molar-refractivity contribution in [2.75, 3.05) is 13.1 Å². The van der Waals surface area contributed by atoms with Gasteiger partial charge in [0.25, 0.3) is 0 Å². The van der Waals surface area contributed by atoms with E-state index in [0.717, 1.165) is 17.5 Å². The van der Waals surface area contributed by atoms with Crippen LogP contribution in [0.5, 0.6) is 0 Å². The monoisotopic (exact) mass is 330 g/mol. The molecule has 2 aromatic rings. The first-order valence-corrected chi connectivity index (χ1v) is 8.28. The van der Waals surface area contributed by atoms with Gasteiger partial charge in [0.2, 0.25) is 11.8 Å². The molecule has 2 N–H and O–H groups in total. The highest BCUT2D eigenvalue weighted by Gasteiger charge is 2.27. The molecule has 1 fully saturated rings. The third-order valence-electron chi connectivity index (χ3n) is 4.71. The summed E-state index contributed by atoms with van der Waals surface area (Å²) in [5, 5.41) is 0. The predicted octanol–water partition coefficient (Wildman–Crippen LogP) is 0.547. The second-order valence-electron chi connectivity index (χ2n) is 6.18. The lowest BCUT2D eigenvalue weighted by Crippen LogP contribution is -2.46. The Kier molecular flexibility index (Phi) is 4.42. The number of carbonyl (C=O) groups is 2. The zero-order valence-corrected chi connectivity index (χ0v) is 13.8. The van der Waals surface area contributed by atoms with Crippen LogP contribution in [0.25, 0.3) is 11.0 Å². The van der Waals surface area contributed by atoms with Gasteiger partial charge in [0.1, 0.15) is 6.54 Å². The van der Waals surface area contributed by atoms with Crippen LogP contribution in [0.1, 0.15) is 19.8 Å². The molecule has 0 unspecified atom stereocenters. The first kappa shape index (κ1) is 16.3. The number of fused-ring (bicyclic) bond motifs is 1. The lowest BCUT2D eigenvalue weighted by Gasteiger charge is -2.31. The van der Waals surface area contributed by atoms with Gasteiger partial charge in [-0.1, -0.05) is 12.1 Å². The van der Waals surface area contributed by atoms with Crippen molar-refractivity contribution < 1.29 is 9.59 Å². The smallest absolute Gasteiger partial charge is 0.329 e. The highest BCUT2D eigenvalue weighted by molar-refractivity contribution is 5.82. The molecule has 3 rings (SSSR count). The number of amides is 2. The summed E-state index contributed by atoms with van der Waals surface area (Å²) < 4.78 is 3.17. The van der Waals surface area contributed by atoms with E-state index in [-0.39, 0.29) is 30.0 Å². The van der Waals surface area contributed by atoms with Gasteiger partial charge in [0, 0.05) is 19.6 Å². The van der Waals surface area contributed by atoms with E-state index in [1.165, 1.54) is 4.57 Å². The Balaban J connectivity index is 1.87. The normalized spacial score (nSPS) is 18.0. The van der Waals surface area contributed by atoms with E-state index in [4.69, 9.17) is 5.73 Å². The molecule has 2 amide bonds. The summed E-state index contributed by atoms with van der Waals surface area (Å²) in [5.41, 5.74) is 6.76. The average Bonchev–Trinajstić information content (AvgIpc) is 2.86. The third kappa shape index (κ3) is 2.81. The van der Waals surface area contributed by atoms with E-state index in [2.05, 4.69) is 0 Å². The molecule has 1 aromatic carbocycles. The first-order valence-electron chi connectivity index (χ1n) is 8.28. The van der Waals surface area contributed by atoms with Crippen LogP contribution in [0.2, 0.25) is 0 Å². The summed E-state index contributed by atoms with van der Waals surface area (Å²) in [6.07, 6.45) is 1.47. The minimum Gasteiger partial charge on any atom is -0.369 e. The second-order valence-corrected chi connectivity index (χ2v) is 6.18. The van der Waals surface area contributed by atoms with Gasteiger partial charge in [-0.2, -0.15) is 0 Å². The van der Waals surface area contributed by atoms with Crippen LogP contribution in [-0.4, -0.2) is 38.9 Å². The number of imidazole rings is 1. The molecule has 0 saturated carbocycles. The van der Waals surface area contributed by atoms with Gasteiger partial charge in [0.05, 0.1) is 17.0 Å². The van der Waals surface area contributed by atoms with Crippen LogP contribution in [0.4, 0.5) is 0 Å². The van der Waals surface area contributed by atoms with Crippen molar-refractivity contribution in [1.29, 1.82) is 0 Å². The summed E-state index contributed by atoms with van der Waals surface area (Å²) in [6.45, 7) is 3.38. The Labute approximate surface area is 139 Å². The van der Waals surface area contributed by atoms with Crippen LogP contribution in [-0.2, 0) is 22.7 Å². The van der Waals surface area contributed by atoms with Gasteiger partial charge in [-0.05, 0) is 31.9 Å². The standard InChI is InChI=1S/C17H22N4O3/c1-2-20-13-7-3-4-8-14(13)21(17(20)24)11-15(22)19-9-5-6-12(10-19)16(18)23/h3-4,7-8,12H,2,5-6,9-11H2,1H3,(H2,18,23)/t12-/m0/s1. The minimum absolute atomic E-state index is 0.0160. The molecule has 1 aliphatic heterocycles. The summed E-state index contributed by atoms with van der Waals surface area (Å²) >= 11 is 0. The maximum Gasteiger partial charge on any atom is 0.329 e. The van der Waals surface area contributed by atoms with Crippen molar-refractivity contribution >= 4 is 22.8 Å². The van der Waals surface area contributed by atoms with E-state index < -0.39 is 0 Å². The summed E-state index contributed by atoms with van der Waals surface area (Å²) in [7, 11) is 0. The Hall–Kier alpha value is -2.57. The number of piperidine rings is 1. The molecule has 1 aliphatic rings. The number of primary amides is 1.